The quantitative estimate of drug-likeness (QED) is 0.598. The first-order valence-corrected chi connectivity index (χ1v) is 9.45. The van der Waals surface area contributed by atoms with Crippen molar-refractivity contribution in [1.29, 1.82) is 0 Å². The van der Waals surface area contributed by atoms with Gasteiger partial charge in [-0.2, -0.15) is 0 Å². The molecule has 3 nitrogen and oxygen atoms in total. The number of thiazole rings is 1. The Morgan fingerprint density at radius 2 is 1.88 bits per heavy atom. The summed E-state index contributed by atoms with van der Waals surface area (Å²) in [5.41, 5.74) is 3.44. The van der Waals surface area contributed by atoms with E-state index < -0.39 is 0 Å². The lowest BCUT2D eigenvalue weighted by atomic mass is 9.97. The third-order valence-electron chi connectivity index (χ3n) is 4.45. The number of amides is 1. The van der Waals surface area contributed by atoms with E-state index in [4.69, 9.17) is 0 Å². The number of halogens is 1. The van der Waals surface area contributed by atoms with E-state index in [0.29, 0.717) is 21.5 Å². The molecule has 0 aliphatic carbocycles. The van der Waals surface area contributed by atoms with Crippen LogP contribution >= 0.6 is 11.3 Å². The van der Waals surface area contributed by atoms with Crippen LogP contribution in [0.15, 0.2) is 48.5 Å². The smallest absolute Gasteiger partial charge is 0.267 e. The predicted molar refractivity (Wildman–Crippen MR) is 105 cm³/mol. The van der Waals surface area contributed by atoms with Gasteiger partial charge >= 0.3 is 0 Å². The highest BCUT2D eigenvalue weighted by atomic mass is 32.1. The number of hydrogen-bond acceptors (Lipinski definition) is 3. The van der Waals surface area contributed by atoms with Crippen LogP contribution in [0.5, 0.6) is 0 Å². The number of nitrogens with one attached hydrogen (secondary N) is 1. The van der Waals surface area contributed by atoms with Crippen LogP contribution in [0.3, 0.4) is 0 Å². The number of carbonyl (C=O) groups excluding carboxylic acids is 1. The second-order valence-corrected chi connectivity index (χ2v) is 7.29. The van der Waals surface area contributed by atoms with Gasteiger partial charge in [0.15, 0.2) is 0 Å². The molecule has 1 atom stereocenters. The highest BCUT2D eigenvalue weighted by Gasteiger charge is 2.18. The molecule has 5 heteroatoms. The Bertz CT molecular complexity index is 918. The van der Waals surface area contributed by atoms with E-state index in [2.05, 4.69) is 24.1 Å². The van der Waals surface area contributed by atoms with Gasteiger partial charge in [-0.1, -0.05) is 32.0 Å². The van der Waals surface area contributed by atoms with Crippen molar-refractivity contribution in [2.45, 2.75) is 33.1 Å². The second kappa shape index (κ2) is 7.79. The van der Waals surface area contributed by atoms with Crippen molar-refractivity contribution in [3.8, 4) is 10.6 Å². The van der Waals surface area contributed by atoms with E-state index >= 15 is 0 Å². The molecule has 3 rings (SSSR count). The number of carbonyl (C=O) groups is 1. The van der Waals surface area contributed by atoms with Crippen LogP contribution in [-0.4, -0.2) is 10.9 Å². The van der Waals surface area contributed by atoms with Gasteiger partial charge in [-0.15, -0.1) is 11.3 Å². The highest BCUT2D eigenvalue weighted by molar-refractivity contribution is 7.17. The summed E-state index contributed by atoms with van der Waals surface area (Å²) in [4.78, 5) is 17.9. The third kappa shape index (κ3) is 3.83. The van der Waals surface area contributed by atoms with E-state index in [1.54, 1.807) is 12.1 Å². The molecule has 1 amide bonds. The van der Waals surface area contributed by atoms with Gasteiger partial charge in [-0.25, -0.2) is 9.37 Å². The molecule has 0 bridgehead atoms. The molecule has 1 N–H and O–H groups in total. The fraction of sp³-hybridized carbons (Fsp3) is 0.238. The van der Waals surface area contributed by atoms with E-state index in [1.165, 1.54) is 23.5 Å². The number of hydrogen-bond donors (Lipinski definition) is 1. The summed E-state index contributed by atoms with van der Waals surface area (Å²) < 4.78 is 13.1. The number of rotatable bonds is 5. The summed E-state index contributed by atoms with van der Waals surface area (Å²) in [5.74, 6) is -0.0883. The van der Waals surface area contributed by atoms with Crippen LogP contribution in [0.4, 0.5) is 10.1 Å². The predicted octanol–water partition coefficient (Wildman–Crippen LogP) is 6.02. The molecule has 0 radical (unpaired) electrons. The second-order valence-electron chi connectivity index (χ2n) is 6.29. The van der Waals surface area contributed by atoms with Gasteiger partial charge in [0, 0.05) is 11.3 Å². The molecule has 0 aliphatic rings. The monoisotopic (exact) mass is 368 g/mol. The van der Waals surface area contributed by atoms with Crippen LogP contribution in [0, 0.1) is 12.7 Å². The number of anilines is 1. The van der Waals surface area contributed by atoms with Gasteiger partial charge in [0.2, 0.25) is 0 Å². The third-order valence-corrected chi connectivity index (χ3v) is 5.65. The standard InChI is InChI=1S/C21H21FN2OS/c1-4-13(2)17-7-5-6-8-18(17)24-20(25)19-14(3)23-21(26-19)15-9-11-16(22)12-10-15/h5-13H,4H2,1-3H3,(H,24,25). The number of benzene rings is 2. The lowest BCUT2D eigenvalue weighted by Gasteiger charge is -2.15. The average molecular weight is 368 g/mol. The minimum absolute atomic E-state index is 0.163. The van der Waals surface area contributed by atoms with Crippen LogP contribution in [0.1, 0.15) is 47.1 Å². The van der Waals surface area contributed by atoms with Gasteiger partial charge in [0.25, 0.3) is 5.91 Å². The molecule has 26 heavy (non-hydrogen) atoms. The zero-order valence-electron chi connectivity index (χ0n) is 15.0. The van der Waals surface area contributed by atoms with Crippen molar-refractivity contribution in [1.82, 2.24) is 4.98 Å². The zero-order valence-corrected chi connectivity index (χ0v) is 15.9. The molecule has 0 aliphatic heterocycles. The van der Waals surface area contributed by atoms with Gasteiger partial charge in [-0.05, 0) is 55.2 Å². The summed E-state index contributed by atoms with van der Waals surface area (Å²) >= 11 is 1.32. The Morgan fingerprint density at radius 3 is 2.58 bits per heavy atom. The maximum Gasteiger partial charge on any atom is 0.267 e. The maximum absolute atomic E-state index is 13.1. The molecule has 1 unspecified atom stereocenters. The zero-order chi connectivity index (χ0) is 18.7. The van der Waals surface area contributed by atoms with Gasteiger partial charge < -0.3 is 5.32 Å². The highest BCUT2D eigenvalue weighted by Crippen LogP contribution is 2.30. The van der Waals surface area contributed by atoms with E-state index in [0.717, 1.165) is 23.2 Å². The Morgan fingerprint density at radius 1 is 1.19 bits per heavy atom. The fourth-order valence-electron chi connectivity index (χ4n) is 2.76. The van der Waals surface area contributed by atoms with Crippen molar-refractivity contribution in [3.05, 3.63) is 70.5 Å². The molecule has 0 spiro atoms. The van der Waals surface area contributed by atoms with Crippen molar-refractivity contribution in [2.24, 2.45) is 0 Å². The normalized spacial score (nSPS) is 12.0. The molecular formula is C21H21FN2OS. The summed E-state index contributed by atoms with van der Waals surface area (Å²) in [7, 11) is 0. The topological polar surface area (TPSA) is 42.0 Å². The molecular weight excluding hydrogens is 347 g/mol. The number of para-hydroxylation sites is 1. The summed E-state index contributed by atoms with van der Waals surface area (Å²) in [6.45, 7) is 6.10. The van der Waals surface area contributed by atoms with Crippen LogP contribution in [0.25, 0.3) is 10.6 Å². The molecule has 1 heterocycles. The molecule has 0 fully saturated rings. The first kappa shape index (κ1) is 18.3. The molecule has 0 saturated carbocycles. The number of nitrogens with zero attached hydrogens (tertiary/aromatic N) is 1. The van der Waals surface area contributed by atoms with Crippen LogP contribution < -0.4 is 5.32 Å². The van der Waals surface area contributed by atoms with Gasteiger partial charge in [0.1, 0.15) is 15.7 Å². The van der Waals surface area contributed by atoms with E-state index in [9.17, 15) is 9.18 Å². The Balaban J connectivity index is 1.87. The van der Waals surface area contributed by atoms with E-state index in [-0.39, 0.29) is 11.7 Å². The molecule has 0 saturated heterocycles. The SMILES string of the molecule is CCC(C)c1ccccc1NC(=O)c1sc(-c2ccc(F)cc2)nc1C. The first-order valence-electron chi connectivity index (χ1n) is 8.63. The minimum Gasteiger partial charge on any atom is -0.321 e. The Hall–Kier alpha value is -2.53. The van der Waals surface area contributed by atoms with Gasteiger partial charge in [-0.3, -0.25) is 4.79 Å². The maximum atomic E-state index is 13.1. The van der Waals surface area contributed by atoms with Crippen LogP contribution in [0.2, 0.25) is 0 Å². The average Bonchev–Trinajstić information content (AvgIpc) is 3.04. The number of aromatic nitrogens is 1. The van der Waals surface area contributed by atoms with Crippen molar-refractivity contribution in [2.75, 3.05) is 5.32 Å². The molecule has 1 aromatic heterocycles. The first-order chi connectivity index (χ1) is 12.5. The summed E-state index contributed by atoms with van der Waals surface area (Å²) in [5, 5.41) is 3.74. The van der Waals surface area contributed by atoms with Crippen molar-refractivity contribution < 1.29 is 9.18 Å². The summed E-state index contributed by atoms with van der Waals surface area (Å²) in [6, 6.07) is 14.0. The Kier molecular flexibility index (Phi) is 5.47. The minimum atomic E-state index is -0.290. The number of aryl methyl sites for hydroxylation is 1. The van der Waals surface area contributed by atoms with Gasteiger partial charge in [0.05, 0.1) is 5.69 Å². The Labute approximate surface area is 156 Å². The molecule has 2 aromatic carbocycles. The molecule has 3 aromatic rings. The van der Waals surface area contributed by atoms with Crippen molar-refractivity contribution in [3.63, 3.8) is 0 Å². The van der Waals surface area contributed by atoms with E-state index in [1.807, 2.05) is 31.2 Å². The lowest BCUT2D eigenvalue weighted by Crippen LogP contribution is -2.13. The van der Waals surface area contributed by atoms with Crippen molar-refractivity contribution >= 4 is 22.9 Å². The lowest BCUT2D eigenvalue weighted by molar-refractivity contribution is 0.102. The summed E-state index contributed by atoms with van der Waals surface area (Å²) in [6.07, 6.45) is 1.00. The largest absolute Gasteiger partial charge is 0.321 e. The fourth-order valence-corrected chi connectivity index (χ4v) is 3.73. The van der Waals surface area contributed by atoms with Crippen LogP contribution in [-0.2, 0) is 0 Å². The molecule has 134 valence electrons.